The summed E-state index contributed by atoms with van der Waals surface area (Å²) in [4.78, 5) is 188. The Hall–Kier alpha value is -9.76. The minimum absolute atomic E-state index is 0.0169. The lowest BCUT2D eigenvalue weighted by atomic mass is 9.86. The number of carboxylic acid groups (broad SMARTS) is 3. The molecule has 0 saturated carbocycles. The molecule has 110 heavy (non-hydrogen) atoms. The van der Waals surface area contributed by atoms with E-state index in [1.54, 1.807) is 54.5 Å². The summed E-state index contributed by atoms with van der Waals surface area (Å²) in [5, 5.41) is 82.5. The maximum absolute atomic E-state index is 15.4. The number of carboxylic acids is 3. The van der Waals surface area contributed by atoms with Crippen molar-refractivity contribution in [2.24, 2.45) is 56.5 Å². The maximum atomic E-state index is 15.4. The van der Waals surface area contributed by atoms with Crippen LogP contribution in [0, 0.1) is 28.6 Å². The molecular weight excluding hydrogens is 1500 g/mol. The largest absolute Gasteiger partial charge is 0.490 e. The van der Waals surface area contributed by atoms with Gasteiger partial charge in [0.05, 0.1) is 37.4 Å². The van der Waals surface area contributed by atoms with Gasteiger partial charge in [0, 0.05) is 13.1 Å². The van der Waals surface area contributed by atoms with Gasteiger partial charge >= 0.3 is 36.4 Å². The molecular formula is C65H105F9N16O20. The van der Waals surface area contributed by atoms with Crippen LogP contribution in [0.4, 0.5) is 39.5 Å². The molecule has 1 saturated heterocycles. The van der Waals surface area contributed by atoms with Crippen molar-refractivity contribution in [3.8, 4) is 0 Å². The second-order valence-electron chi connectivity index (χ2n) is 28.3. The Morgan fingerprint density at radius 2 is 1.01 bits per heavy atom. The van der Waals surface area contributed by atoms with Crippen LogP contribution in [0.25, 0.3) is 0 Å². The number of aliphatic carboxylic acids is 3. The summed E-state index contributed by atoms with van der Waals surface area (Å²) in [5.41, 5.74) is 22.4. The number of amides is 11. The predicted molar refractivity (Wildman–Crippen MR) is 372 cm³/mol. The lowest BCUT2D eigenvalue weighted by Gasteiger charge is -2.35. The van der Waals surface area contributed by atoms with E-state index in [1.165, 1.54) is 45.0 Å². The Kier molecular flexibility index (Phi) is 43.4. The summed E-state index contributed by atoms with van der Waals surface area (Å²) in [6, 6.07) is -10.3. The maximum Gasteiger partial charge on any atom is 0.490 e. The molecule has 1 aliphatic rings. The van der Waals surface area contributed by atoms with Crippen LogP contribution in [-0.2, 0) is 67.1 Å². The Morgan fingerprint density at radius 3 is 1.44 bits per heavy atom. The van der Waals surface area contributed by atoms with Crippen molar-refractivity contribution < 1.29 is 137 Å². The van der Waals surface area contributed by atoms with Crippen LogP contribution in [0.2, 0.25) is 0 Å². The number of nitrogens with two attached hydrogens (primary N) is 4. The number of aliphatic hydroxyl groups is 3. The van der Waals surface area contributed by atoms with Gasteiger partial charge < -0.3 is 112 Å². The van der Waals surface area contributed by atoms with Gasteiger partial charge in [-0.05, 0) is 73.2 Å². The number of alkyl halides is 9. The number of aliphatic imine (C=N–C) groups is 1. The minimum Gasteiger partial charge on any atom is -0.475 e. The second-order valence-corrected chi connectivity index (χ2v) is 28.3. The van der Waals surface area contributed by atoms with Crippen LogP contribution < -0.4 is 81.4 Å². The van der Waals surface area contributed by atoms with E-state index in [9.17, 15) is 103 Å². The highest BCUT2D eigenvalue weighted by Crippen LogP contribution is 2.26. The van der Waals surface area contributed by atoms with Gasteiger partial charge in [0.2, 0.25) is 65.0 Å². The fraction of sp³-hybridized carbons (Fsp3) is 0.677. The third-order valence-electron chi connectivity index (χ3n) is 15.2. The third-order valence-corrected chi connectivity index (χ3v) is 15.2. The van der Waals surface area contributed by atoms with Crippen LogP contribution in [0.1, 0.15) is 140 Å². The van der Waals surface area contributed by atoms with Gasteiger partial charge in [0.15, 0.2) is 5.96 Å². The first-order valence-corrected chi connectivity index (χ1v) is 33.9. The molecule has 1 aromatic rings. The molecule has 1 fully saturated rings. The van der Waals surface area contributed by atoms with E-state index in [0.29, 0.717) is 0 Å². The van der Waals surface area contributed by atoms with Crippen molar-refractivity contribution in [3.05, 3.63) is 35.9 Å². The van der Waals surface area contributed by atoms with Gasteiger partial charge in [-0.15, -0.1) is 0 Å². The first-order chi connectivity index (χ1) is 50.2. The standard InChI is InChI=1S/C59H102N16O14.3C2HF3O2/c1-14-31(6)41-54(87)72-42(32(7)77)53(86)65-27-40(78)66-38(26-60)51(84)70-39(28-76)52(85)73-43(33-19-16-15-17-20-33)44(74-50(83)37(25-59(11,12)13)69-47(80)34(61)24-58(8,9)10)55(88)75-45(46(79)30(4)5)56(89)68-36(23-29(2)3)49(82)67-35(48(81)71-41)21-18-22-64-57(62)63;3*3-2(4,5)1(6)7/h15-17,19-20,29-32,34-39,41-46,76-77,79H,14,18,21-28,60-61H2,1-13H3,(H,65,86)(H,66,78)(H,67,82)(H,68,89)(H,69,80)(H,70,84)(H,71,81)(H,72,87)(H,73,85)(H,74,83)(H,75,88)(H4,62,63,64);3*(H,6,7)/t31-,32-,34+,35+,36-,37-,38-,39-,41-,42-,43+,44-,45-,46+;;;/m0.../s1. The van der Waals surface area contributed by atoms with Crippen molar-refractivity contribution in [2.75, 3.05) is 26.2 Å². The highest BCUT2D eigenvalue weighted by Gasteiger charge is 2.44. The number of hydrogen-bond acceptors (Lipinski definition) is 20. The molecule has 25 N–H and O–H groups in total. The lowest BCUT2D eigenvalue weighted by Crippen LogP contribution is -2.65. The Balaban J connectivity index is 0. The average molecular weight is 1600 g/mol. The predicted octanol–water partition coefficient (Wildman–Crippen LogP) is -2.07. The van der Waals surface area contributed by atoms with Gasteiger partial charge in [-0.2, -0.15) is 39.5 Å². The molecule has 0 aromatic heterocycles. The molecule has 1 aromatic carbocycles. The molecule has 11 amide bonds. The lowest BCUT2D eigenvalue weighted by molar-refractivity contribution is -0.193. The zero-order valence-corrected chi connectivity index (χ0v) is 62.8. The molecule has 0 spiro atoms. The zero-order chi connectivity index (χ0) is 86.1. The quantitative estimate of drug-likeness (QED) is 0.0289. The van der Waals surface area contributed by atoms with E-state index in [-0.39, 0.29) is 62.5 Å². The number of nitrogens with zero attached hydrogens (tertiary/aromatic N) is 1. The van der Waals surface area contributed by atoms with E-state index in [4.69, 9.17) is 52.6 Å². The third kappa shape index (κ3) is 40.1. The summed E-state index contributed by atoms with van der Waals surface area (Å²) in [6.07, 6.45) is -18.3. The molecule has 1 aliphatic heterocycles. The van der Waals surface area contributed by atoms with Gasteiger partial charge in [-0.1, -0.05) is 120 Å². The van der Waals surface area contributed by atoms with Crippen LogP contribution in [-0.4, -0.2) is 237 Å². The van der Waals surface area contributed by atoms with Gasteiger partial charge in [-0.3, -0.25) is 57.7 Å². The molecule has 36 nitrogen and oxygen atoms in total. The molecule has 0 aliphatic carbocycles. The van der Waals surface area contributed by atoms with Crippen molar-refractivity contribution >= 4 is 88.8 Å². The van der Waals surface area contributed by atoms with E-state index in [0.717, 1.165) is 0 Å². The number of nitrogens with one attached hydrogen (secondary N) is 11. The number of guanidine groups is 1. The SMILES string of the molecule is CC[C@H](C)[C@@H]1NC(=O)[C@@H](CCCN=C(N)N)NC(=O)[C@H](CC(C)C)NC(=O)[C@H]([C@H](O)C(C)C)NC(=O)[C@@H](NC(=O)[C@H](CC(C)(C)C)NC(=O)[C@H](N)CC(C)(C)C)[C@@H](c2ccccc2)NC(=O)[C@H](CO)NC(=O)[C@H](CN)NC(=O)CNC(=O)[C@H]([C@H](C)O)NC1=O.O=C(O)C(F)(F)F.O=C(O)C(F)(F)F.O=C(O)C(F)(F)F. The highest BCUT2D eigenvalue weighted by molar-refractivity contribution is 6.00. The number of carbonyl (C=O) groups excluding carboxylic acids is 11. The molecule has 1 heterocycles. The molecule has 0 unspecified atom stereocenters. The van der Waals surface area contributed by atoms with E-state index < -0.39 is 222 Å². The van der Waals surface area contributed by atoms with Crippen molar-refractivity contribution in [3.63, 3.8) is 0 Å². The molecule has 14 atom stereocenters. The van der Waals surface area contributed by atoms with Crippen molar-refractivity contribution in [1.82, 2.24) is 58.5 Å². The topological polar surface area (TPSA) is 609 Å². The number of rotatable bonds is 20. The fourth-order valence-corrected chi connectivity index (χ4v) is 9.45. The molecule has 628 valence electrons. The second kappa shape index (κ2) is 46.7. The number of carbonyl (C=O) groups is 14. The average Bonchev–Trinajstić information content (AvgIpc) is 0.810. The zero-order valence-electron chi connectivity index (χ0n) is 62.8. The number of aliphatic hydroxyl groups excluding tert-OH is 3. The minimum atomic E-state index is -5.08. The Morgan fingerprint density at radius 1 is 0.573 bits per heavy atom. The smallest absolute Gasteiger partial charge is 0.475 e. The molecule has 0 bridgehead atoms. The Bertz CT molecular complexity index is 3210. The number of halogens is 9. The van der Waals surface area contributed by atoms with E-state index in [2.05, 4.69) is 63.5 Å². The van der Waals surface area contributed by atoms with Crippen molar-refractivity contribution in [2.45, 2.75) is 226 Å². The summed E-state index contributed by atoms with van der Waals surface area (Å²) >= 11 is 0. The van der Waals surface area contributed by atoms with Crippen LogP contribution >= 0.6 is 0 Å². The Labute approximate surface area is 627 Å². The molecule has 0 radical (unpaired) electrons. The first kappa shape index (κ1) is 102. The summed E-state index contributed by atoms with van der Waals surface area (Å²) in [6.45, 7) is 19.4. The van der Waals surface area contributed by atoms with Gasteiger partial charge in [0.1, 0.15) is 54.4 Å². The van der Waals surface area contributed by atoms with E-state index in [1.807, 2.05) is 20.8 Å². The molecule has 2 rings (SSSR count). The van der Waals surface area contributed by atoms with Gasteiger partial charge in [-0.25, -0.2) is 14.4 Å². The summed E-state index contributed by atoms with van der Waals surface area (Å²) < 4.78 is 95.2. The molecule has 45 heteroatoms. The van der Waals surface area contributed by atoms with Crippen molar-refractivity contribution in [1.29, 1.82) is 0 Å². The first-order valence-electron chi connectivity index (χ1n) is 33.9. The number of hydrogen-bond donors (Lipinski definition) is 21. The fourth-order valence-electron chi connectivity index (χ4n) is 9.45. The highest BCUT2D eigenvalue weighted by atomic mass is 19.4. The van der Waals surface area contributed by atoms with Crippen LogP contribution in [0.5, 0.6) is 0 Å². The van der Waals surface area contributed by atoms with Crippen LogP contribution in [0.3, 0.4) is 0 Å². The number of benzene rings is 1. The summed E-state index contributed by atoms with van der Waals surface area (Å²) in [5.74, 6) is -21.6. The van der Waals surface area contributed by atoms with Crippen LogP contribution in [0.15, 0.2) is 35.3 Å². The normalized spacial score (nSPS) is 22.2. The summed E-state index contributed by atoms with van der Waals surface area (Å²) in [7, 11) is 0. The van der Waals surface area contributed by atoms with Gasteiger partial charge in [0.25, 0.3) is 0 Å². The monoisotopic (exact) mass is 1600 g/mol. The van der Waals surface area contributed by atoms with E-state index >= 15 is 4.79 Å².